The van der Waals surface area contributed by atoms with Crippen molar-refractivity contribution in [3.05, 3.63) is 34.2 Å². The quantitative estimate of drug-likeness (QED) is 0.876. The van der Waals surface area contributed by atoms with Crippen LogP contribution in [0.5, 0.6) is 0 Å². The first kappa shape index (κ1) is 12.7. The van der Waals surface area contributed by atoms with Crippen LogP contribution in [0.4, 0.5) is 13.2 Å². The molecule has 3 nitrogen and oxygen atoms in total. The molecule has 1 aromatic carbocycles. The number of imidazole rings is 1. The van der Waals surface area contributed by atoms with Gasteiger partial charge in [0.2, 0.25) is 0 Å². The molecule has 102 valence electrons. The minimum Gasteiger partial charge on any atom is -0.306 e. The van der Waals surface area contributed by atoms with Crippen LogP contribution < -0.4 is 5.69 Å². The van der Waals surface area contributed by atoms with Gasteiger partial charge in [0.15, 0.2) is 0 Å². The van der Waals surface area contributed by atoms with Gasteiger partial charge < -0.3 is 4.98 Å². The van der Waals surface area contributed by atoms with E-state index >= 15 is 0 Å². The molecule has 1 fully saturated rings. The van der Waals surface area contributed by atoms with Gasteiger partial charge in [0.05, 0.1) is 16.6 Å². The molecule has 2 aromatic rings. The Hall–Kier alpha value is -1.37. The van der Waals surface area contributed by atoms with Crippen LogP contribution in [0.3, 0.4) is 0 Å². The molecule has 1 aliphatic heterocycles. The van der Waals surface area contributed by atoms with Crippen molar-refractivity contribution in [2.45, 2.75) is 18.6 Å². The fourth-order valence-corrected chi connectivity index (χ4v) is 3.59. The van der Waals surface area contributed by atoms with E-state index < -0.39 is 11.7 Å². The molecule has 0 amide bonds. The molecule has 0 saturated carbocycles. The number of fused-ring (bicyclic) bond motifs is 1. The summed E-state index contributed by atoms with van der Waals surface area (Å²) >= 11 is 1.75. The van der Waals surface area contributed by atoms with E-state index in [1.54, 1.807) is 16.3 Å². The SMILES string of the molecule is O=c1[nH]c2cc(C(F)(F)F)ccc2n1C1CCSC1. The predicted octanol–water partition coefficient (Wildman–Crippen LogP) is 3.03. The Balaban J connectivity index is 2.15. The van der Waals surface area contributed by atoms with Crippen LogP contribution in [0.25, 0.3) is 11.0 Å². The summed E-state index contributed by atoms with van der Waals surface area (Å²) in [7, 11) is 0. The van der Waals surface area contributed by atoms with Crippen molar-refractivity contribution in [1.29, 1.82) is 0 Å². The number of thioether (sulfide) groups is 1. The molecule has 1 atom stereocenters. The summed E-state index contributed by atoms with van der Waals surface area (Å²) in [5, 5.41) is 0. The van der Waals surface area contributed by atoms with E-state index in [4.69, 9.17) is 0 Å². The Morgan fingerprint density at radius 3 is 2.79 bits per heavy atom. The molecule has 1 N–H and O–H groups in total. The molecule has 3 rings (SSSR count). The van der Waals surface area contributed by atoms with Crippen molar-refractivity contribution in [3.8, 4) is 0 Å². The summed E-state index contributed by atoms with van der Waals surface area (Å²) in [5.41, 5.74) is -0.279. The number of H-pyrrole nitrogens is 1. The van der Waals surface area contributed by atoms with Gasteiger partial charge in [0.25, 0.3) is 0 Å². The molecule has 1 unspecified atom stereocenters. The third-order valence-corrected chi connectivity index (χ3v) is 4.46. The fraction of sp³-hybridized carbons (Fsp3) is 0.417. The maximum Gasteiger partial charge on any atom is 0.416 e. The number of rotatable bonds is 1. The molecule has 0 aliphatic carbocycles. The van der Waals surface area contributed by atoms with E-state index in [0.717, 1.165) is 30.1 Å². The number of benzene rings is 1. The zero-order valence-electron chi connectivity index (χ0n) is 9.83. The molecule has 0 bridgehead atoms. The van der Waals surface area contributed by atoms with Crippen molar-refractivity contribution in [1.82, 2.24) is 9.55 Å². The molecular weight excluding hydrogens is 277 g/mol. The number of halogens is 3. The van der Waals surface area contributed by atoms with E-state index in [1.807, 2.05) is 0 Å². The molecule has 2 heterocycles. The van der Waals surface area contributed by atoms with Gasteiger partial charge in [-0.3, -0.25) is 4.57 Å². The highest BCUT2D eigenvalue weighted by Gasteiger charge is 2.31. The molecule has 1 aliphatic rings. The van der Waals surface area contributed by atoms with Gasteiger partial charge in [-0.15, -0.1) is 0 Å². The molecule has 7 heteroatoms. The van der Waals surface area contributed by atoms with E-state index in [0.29, 0.717) is 5.52 Å². The number of nitrogens with one attached hydrogen (secondary N) is 1. The summed E-state index contributed by atoms with van der Waals surface area (Å²) in [6, 6.07) is 3.46. The van der Waals surface area contributed by atoms with Gasteiger partial charge in [-0.05, 0) is 30.4 Å². The first-order valence-corrected chi connectivity index (χ1v) is 7.01. The Morgan fingerprint density at radius 1 is 1.37 bits per heavy atom. The summed E-state index contributed by atoms with van der Waals surface area (Å²) in [5.74, 6) is 1.80. The summed E-state index contributed by atoms with van der Waals surface area (Å²) < 4.78 is 39.4. The lowest BCUT2D eigenvalue weighted by Gasteiger charge is -2.11. The fourth-order valence-electron chi connectivity index (χ4n) is 2.40. The Labute approximate surface area is 110 Å². The monoisotopic (exact) mass is 288 g/mol. The number of hydrogen-bond donors (Lipinski definition) is 1. The van der Waals surface area contributed by atoms with Crippen molar-refractivity contribution in [2.24, 2.45) is 0 Å². The van der Waals surface area contributed by atoms with Crippen molar-refractivity contribution < 1.29 is 13.2 Å². The number of aromatic nitrogens is 2. The third kappa shape index (κ3) is 2.16. The van der Waals surface area contributed by atoms with Gasteiger partial charge in [-0.2, -0.15) is 24.9 Å². The highest BCUT2D eigenvalue weighted by molar-refractivity contribution is 7.99. The second-order valence-electron chi connectivity index (χ2n) is 4.55. The molecular formula is C12H11F3N2OS. The van der Waals surface area contributed by atoms with Crippen LogP contribution in [-0.2, 0) is 6.18 Å². The molecule has 19 heavy (non-hydrogen) atoms. The lowest BCUT2D eigenvalue weighted by atomic mass is 10.2. The molecule has 1 aromatic heterocycles. The number of alkyl halides is 3. The minimum absolute atomic E-state index is 0.0722. The van der Waals surface area contributed by atoms with Crippen LogP contribution in [0.2, 0.25) is 0 Å². The zero-order valence-corrected chi connectivity index (χ0v) is 10.6. The predicted molar refractivity (Wildman–Crippen MR) is 68.5 cm³/mol. The zero-order chi connectivity index (χ0) is 13.6. The van der Waals surface area contributed by atoms with Crippen LogP contribution in [0.1, 0.15) is 18.0 Å². The van der Waals surface area contributed by atoms with Crippen LogP contribution in [0.15, 0.2) is 23.0 Å². The Kier molecular flexibility index (Phi) is 2.88. The van der Waals surface area contributed by atoms with E-state index in [9.17, 15) is 18.0 Å². The van der Waals surface area contributed by atoms with Gasteiger partial charge in [0.1, 0.15) is 0 Å². The Morgan fingerprint density at radius 2 is 2.16 bits per heavy atom. The first-order chi connectivity index (χ1) is 8.97. The number of hydrogen-bond acceptors (Lipinski definition) is 2. The van der Waals surface area contributed by atoms with Crippen molar-refractivity contribution >= 4 is 22.8 Å². The van der Waals surface area contributed by atoms with E-state index in [2.05, 4.69) is 4.98 Å². The van der Waals surface area contributed by atoms with E-state index in [-0.39, 0.29) is 17.2 Å². The van der Waals surface area contributed by atoms with Crippen molar-refractivity contribution in [2.75, 3.05) is 11.5 Å². The standard InChI is InChI=1S/C12H11F3N2OS/c13-12(14,15)7-1-2-10-9(5-7)16-11(18)17(10)8-3-4-19-6-8/h1-2,5,8H,3-4,6H2,(H,16,18). The summed E-state index contributed by atoms with van der Waals surface area (Å²) in [4.78, 5) is 14.4. The van der Waals surface area contributed by atoms with Gasteiger partial charge >= 0.3 is 11.9 Å². The Bertz CT molecular complexity index is 668. The second kappa shape index (κ2) is 4.33. The minimum atomic E-state index is -4.39. The molecule has 0 spiro atoms. The highest BCUT2D eigenvalue weighted by Crippen LogP contribution is 2.33. The maximum absolute atomic E-state index is 12.6. The van der Waals surface area contributed by atoms with Crippen molar-refractivity contribution in [3.63, 3.8) is 0 Å². The third-order valence-electron chi connectivity index (χ3n) is 3.31. The molecule has 0 radical (unpaired) electrons. The van der Waals surface area contributed by atoms with Crippen LogP contribution in [-0.4, -0.2) is 21.1 Å². The van der Waals surface area contributed by atoms with E-state index in [1.165, 1.54) is 6.07 Å². The second-order valence-corrected chi connectivity index (χ2v) is 5.70. The summed E-state index contributed by atoms with van der Waals surface area (Å²) in [6.45, 7) is 0. The topological polar surface area (TPSA) is 37.8 Å². The van der Waals surface area contributed by atoms with Gasteiger partial charge in [0, 0.05) is 11.8 Å². The lowest BCUT2D eigenvalue weighted by molar-refractivity contribution is -0.137. The lowest BCUT2D eigenvalue weighted by Crippen LogP contribution is -2.21. The smallest absolute Gasteiger partial charge is 0.306 e. The van der Waals surface area contributed by atoms with Gasteiger partial charge in [-0.25, -0.2) is 4.79 Å². The largest absolute Gasteiger partial charge is 0.416 e. The average molecular weight is 288 g/mol. The molecule has 1 saturated heterocycles. The highest BCUT2D eigenvalue weighted by atomic mass is 32.2. The van der Waals surface area contributed by atoms with Gasteiger partial charge in [-0.1, -0.05) is 0 Å². The normalized spacial score (nSPS) is 20.3. The van der Waals surface area contributed by atoms with Crippen LogP contribution >= 0.6 is 11.8 Å². The number of aromatic amines is 1. The number of nitrogens with zero attached hydrogens (tertiary/aromatic N) is 1. The van der Waals surface area contributed by atoms with Crippen LogP contribution in [0, 0.1) is 0 Å². The maximum atomic E-state index is 12.6. The summed E-state index contributed by atoms with van der Waals surface area (Å²) in [6.07, 6.45) is -3.52. The first-order valence-electron chi connectivity index (χ1n) is 5.86. The average Bonchev–Trinajstić information content (AvgIpc) is 2.92.